The lowest BCUT2D eigenvalue weighted by Gasteiger charge is -2.07. The number of aromatic nitrogens is 3. The topological polar surface area (TPSA) is 67.8 Å². The fraction of sp³-hybridized carbons (Fsp3) is 0.700. The third-order valence-corrected chi connectivity index (χ3v) is 3.09. The van der Waals surface area contributed by atoms with Gasteiger partial charge in [0.15, 0.2) is 5.16 Å². The minimum Gasteiger partial charge on any atom is -0.299 e. The number of Topliss-reactive ketones (excluding diaryl/α,β-unsaturated/α-hetero) is 1. The van der Waals surface area contributed by atoms with Gasteiger partial charge in [-0.15, -0.1) is 5.10 Å². The van der Waals surface area contributed by atoms with Crippen molar-refractivity contribution in [1.82, 2.24) is 14.8 Å². The summed E-state index contributed by atoms with van der Waals surface area (Å²) in [4.78, 5) is 22.8. The first-order valence-electron chi connectivity index (χ1n) is 5.37. The highest BCUT2D eigenvalue weighted by atomic mass is 32.2. The third-order valence-electron chi connectivity index (χ3n) is 2.08. The second-order valence-electron chi connectivity index (χ2n) is 3.85. The maximum absolute atomic E-state index is 11.4. The number of hydrogen-bond acceptors (Lipinski definition) is 4. The lowest BCUT2D eigenvalue weighted by Crippen LogP contribution is -2.19. The number of aromatic amines is 1. The van der Waals surface area contributed by atoms with Crippen LogP contribution in [-0.4, -0.2) is 26.3 Å². The molecule has 1 aromatic heterocycles. The van der Waals surface area contributed by atoms with Crippen molar-refractivity contribution < 1.29 is 4.79 Å². The second kappa shape index (κ2) is 5.89. The summed E-state index contributed by atoms with van der Waals surface area (Å²) >= 11 is 1.32. The van der Waals surface area contributed by atoms with Gasteiger partial charge in [0.05, 0.1) is 5.75 Å². The van der Waals surface area contributed by atoms with E-state index in [1.54, 1.807) is 4.57 Å². The summed E-state index contributed by atoms with van der Waals surface area (Å²) in [5, 5.41) is 6.89. The van der Waals surface area contributed by atoms with E-state index in [0.29, 0.717) is 17.3 Å². The van der Waals surface area contributed by atoms with Gasteiger partial charge in [-0.3, -0.25) is 9.36 Å². The summed E-state index contributed by atoms with van der Waals surface area (Å²) in [6.07, 6.45) is 1.44. The van der Waals surface area contributed by atoms with Gasteiger partial charge >= 0.3 is 5.69 Å². The Labute approximate surface area is 98.6 Å². The fourth-order valence-electron chi connectivity index (χ4n) is 1.34. The summed E-state index contributed by atoms with van der Waals surface area (Å²) in [5.41, 5.74) is -0.222. The summed E-state index contributed by atoms with van der Waals surface area (Å²) < 4.78 is 1.56. The highest BCUT2D eigenvalue weighted by Crippen LogP contribution is 2.17. The van der Waals surface area contributed by atoms with E-state index in [-0.39, 0.29) is 17.5 Å². The van der Waals surface area contributed by atoms with Crippen LogP contribution in [0, 0.1) is 0 Å². The van der Waals surface area contributed by atoms with Crippen LogP contribution in [0.5, 0.6) is 0 Å². The molecule has 1 N–H and O–H groups in total. The van der Waals surface area contributed by atoms with Crippen molar-refractivity contribution in [2.24, 2.45) is 0 Å². The van der Waals surface area contributed by atoms with Crippen LogP contribution in [0.1, 0.15) is 39.7 Å². The van der Waals surface area contributed by atoms with Crippen LogP contribution in [0.15, 0.2) is 9.95 Å². The molecule has 0 atom stereocenters. The van der Waals surface area contributed by atoms with E-state index in [2.05, 4.69) is 10.2 Å². The molecule has 1 heterocycles. The van der Waals surface area contributed by atoms with E-state index in [1.165, 1.54) is 11.8 Å². The number of carbonyl (C=O) groups excluding carboxylic acids is 1. The van der Waals surface area contributed by atoms with Gasteiger partial charge in [-0.2, -0.15) is 0 Å². The molecule has 6 heteroatoms. The van der Waals surface area contributed by atoms with Crippen LogP contribution in [0.2, 0.25) is 0 Å². The van der Waals surface area contributed by atoms with E-state index in [4.69, 9.17) is 0 Å². The predicted octanol–water partition coefficient (Wildman–Crippen LogP) is 1.61. The van der Waals surface area contributed by atoms with Crippen molar-refractivity contribution in [3.05, 3.63) is 10.5 Å². The highest BCUT2D eigenvalue weighted by molar-refractivity contribution is 7.99. The van der Waals surface area contributed by atoms with Crippen molar-refractivity contribution in [1.29, 1.82) is 0 Å². The van der Waals surface area contributed by atoms with Crippen molar-refractivity contribution in [2.45, 2.75) is 44.8 Å². The molecule has 16 heavy (non-hydrogen) atoms. The minimum atomic E-state index is -0.222. The van der Waals surface area contributed by atoms with Gasteiger partial charge in [0, 0.05) is 12.5 Å². The van der Waals surface area contributed by atoms with Gasteiger partial charge in [-0.1, -0.05) is 18.7 Å². The van der Waals surface area contributed by atoms with Gasteiger partial charge in [0.25, 0.3) is 0 Å². The summed E-state index contributed by atoms with van der Waals surface area (Å²) in [5.74, 6) is 0.573. The normalized spacial score (nSPS) is 11.0. The molecule has 0 spiro atoms. The van der Waals surface area contributed by atoms with Gasteiger partial charge in [0.2, 0.25) is 0 Å². The van der Waals surface area contributed by atoms with Crippen molar-refractivity contribution >= 4 is 17.5 Å². The average Bonchev–Trinajstić information content (AvgIpc) is 2.57. The fourth-order valence-corrected chi connectivity index (χ4v) is 2.32. The van der Waals surface area contributed by atoms with Gasteiger partial charge in [0.1, 0.15) is 5.78 Å². The molecule has 1 aromatic rings. The van der Waals surface area contributed by atoms with E-state index >= 15 is 0 Å². The molecule has 90 valence electrons. The first-order chi connectivity index (χ1) is 7.56. The number of nitrogens with zero attached hydrogens (tertiary/aromatic N) is 2. The molecule has 0 saturated carbocycles. The smallest absolute Gasteiger partial charge is 0.299 e. The molecule has 0 bridgehead atoms. The molecule has 0 fully saturated rings. The molecule has 0 aliphatic rings. The van der Waals surface area contributed by atoms with Crippen molar-refractivity contribution in [3.63, 3.8) is 0 Å². The molecule has 1 rings (SSSR count). The van der Waals surface area contributed by atoms with Gasteiger partial charge in [-0.05, 0) is 20.3 Å². The average molecular weight is 243 g/mol. The lowest BCUT2D eigenvalue weighted by molar-refractivity contribution is -0.116. The number of hydrogen-bond donors (Lipinski definition) is 1. The minimum absolute atomic E-state index is 0.0510. The SMILES string of the molecule is CCCC(=O)CSc1n[nH]c(=O)n1C(C)C. The number of carbonyl (C=O) groups is 1. The Balaban J connectivity index is 2.67. The monoisotopic (exact) mass is 243 g/mol. The van der Waals surface area contributed by atoms with Crippen molar-refractivity contribution in [2.75, 3.05) is 5.75 Å². The molecule has 0 aromatic carbocycles. The zero-order valence-corrected chi connectivity index (χ0v) is 10.6. The Bertz CT molecular complexity index is 408. The molecule has 0 amide bonds. The molecule has 0 radical (unpaired) electrons. The van der Waals surface area contributed by atoms with Gasteiger partial charge < -0.3 is 0 Å². The van der Waals surface area contributed by atoms with Crippen LogP contribution >= 0.6 is 11.8 Å². The zero-order valence-electron chi connectivity index (χ0n) is 9.82. The second-order valence-corrected chi connectivity index (χ2v) is 4.79. The predicted molar refractivity (Wildman–Crippen MR) is 63.9 cm³/mol. The first-order valence-corrected chi connectivity index (χ1v) is 6.36. The van der Waals surface area contributed by atoms with Crippen LogP contribution in [0.25, 0.3) is 0 Å². The molecule has 0 saturated heterocycles. The maximum Gasteiger partial charge on any atom is 0.344 e. The molecule has 0 aliphatic carbocycles. The molecule has 5 nitrogen and oxygen atoms in total. The Morgan fingerprint density at radius 1 is 1.56 bits per heavy atom. The third kappa shape index (κ3) is 3.23. The van der Waals surface area contributed by atoms with E-state index in [9.17, 15) is 9.59 Å². The molecular formula is C10H17N3O2S. The van der Waals surface area contributed by atoms with Crippen LogP contribution in [0.4, 0.5) is 0 Å². The van der Waals surface area contributed by atoms with Gasteiger partial charge in [-0.25, -0.2) is 9.89 Å². The molecule has 0 unspecified atom stereocenters. The molecular weight excluding hydrogens is 226 g/mol. The highest BCUT2D eigenvalue weighted by Gasteiger charge is 2.12. The number of nitrogens with one attached hydrogen (secondary N) is 1. The Morgan fingerprint density at radius 3 is 2.81 bits per heavy atom. The van der Waals surface area contributed by atoms with E-state index in [0.717, 1.165) is 6.42 Å². The number of thioether (sulfide) groups is 1. The van der Waals surface area contributed by atoms with Crippen LogP contribution in [-0.2, 0) is 4.79 Å². The Hall–Kier alpha value is -1.04. The summed E-state index contributed by atoms with van der Waals surface area (Å²) in [7, 11) is 0. The Kier molecular flexibility index (Phi) is 4.79. The summed E-state index contributed by atoms with van der Waals surface area (Å²) in [6, 6.07) is 0.0510. The standard InChI is InChI=1S/C10H17N3O2S/c1-4-5-8(14)6-16-10-12-11-9(15)13(10)7(2)3/h7H,4-6H2,1-3H3,(H,11,15). The van der Waals surface area contributed by atoms with E-state index < -0.39 is 0 Å². The number of rotatable bonds is 6. The largest absolute Gasteiger partial charge is 0.344 e. The van der Waals surface area contributed by atoms with E-state index in [1.807, 2.05) is 20.8 Å². The number of ketones is 1. The first kappa shape index (κ1) is 13.0. The maximum atomic E-state index is 11.4. The lowest BCUT2D eigenvalue weighted by atomic mass is 10.3. The zero-order chi connectivity index (χ0) is 12.1. The quantitative estimate of drug-likeness (QED) is 0.771. The number of H-pyrrole nitrogens is 1. The Morgan fingerprint density at radius 2 is 2.25 bits per heavy atom. The molecule has 0 aliphatic heterocycles. The van der Waals surface area contributed by atoms with Crippen LogP contribution in [0.3, 0.4) is 0 Å². The van der Waals surface area contributed by atoms with Crippen LogP contribution < -0.4 is 5.69 Å². The van der Waals surface area contributed by atoms with Crippen molar-refractivity contribution in [3.8, 4) is 0 Å². The summed E-state index contributed by atoms with van der Waals surface area (Å²) in [6.45, 7) is 5.80.